The molecule has 0 saturated heterocycles. The molecule has 0 bridgehead atoms. The number of rotatable bonds is 5. The summed E-state index contributed by atoms with van der Waals surface area (Å²) in [6.45, 7) is 2.07. The summed E-state index contributed by atoms with van der Waals surface area (Å²) < 4.78 is 37.9. The van der Waals surface area contributed by atoms with Crippen molar-refractivity contribution in [2.75, 3.05) is 16.4 Å². The summed E-state index contributed by atoms with van der Waals surface area (Å²) in [5.41, 5.74) is 8.11. The van der Waals surface area contributed by atoms with Crippen molar-refractivity contribution in [3.05, 3.63) is 66.0 Å². The fourth-order valence-corrected chi connectivity index (χ4v) is 2.43. The van der Waals surface area contributed by atoms with E-state index in [2.05, 4.69) is 27.5 Å². The van der Waals surface area contributed by atoms with E-state index in [-0.39, 0.29) is 5.69 Å². The van der Waals surface area contributed by atoms with Crippen LogP contribution in [0.5, 0.6) is 0 Å². The van der Waals surface area contributed by atoms with Gasteiger partial charge in [0.15, 0.2) is 11.6 Å². The summed E-state index contributed by atoms with van der Waals surface area (Å²) in [6.07, 6.45) is -2.11. The average molecular weight is 373 g/mol. The zero-order valence-corrected chi connectivity index (χ0v) is 14.5. The maximum absolute atomic E-state index is 12.6. The van der Waals surface area contributed by atoms with Crippen molar-refractivity contribution in [1.29, 1.82) is 0 Å². The summed E-state index contributed by atoms with van der Waals surface area (Å²) in [4.78, 5) is 8.19. The second-order valence-electron chi connectivity index (χ2n) is 5.86. The molecule has 8 heteroatoms. The van der Waals surface area contributed by atoms with Gasteiger partial charge in [0.2, 0.25) is 0 Å². The molecule has 5 nitrogen and oxygen atoms in total. The van der Waals surface area contributed by atoms with Gasteiger partial charge in [0.25, 0.3) is 0 Å². The van der Waals surface area contributed by atoms with Crippen LogP contribution in [0.2, 0.25) is 0 Å². The number of benzene rings is 2. The van der Waals surface area contributed by atoms with Gasteiger partial charge in [-0.05, 0) is 48.4 Å². The Morgan fingerprint density at radius 1 is 0.852 bits per heavy atom. The Morgan fingerprint density at radius 3 is 1.78 bits per heavy atom. The first-order valence-electron chi connectivity index (χ1n) is 8.27. The highest BCUT2D eigenvalue weighted by molar-refractivity contribution is 5.80. The molecule has 3 aromatic rings. The van der Waals surface area contributed by atoms with E-state index in [0.717, 1.165) is 24.2 Å². The molecule has 0 aliphatic heterocycles. The molecule has 2 aromatic carbocycles. The molecule has 1 aromatic heterocycles. The van der Waals surface area contributed by atoms with Crippen molar-refractivity contribution in [3.8, 4) is 0 Å². The Bertz CT molecular complexity index is 906. The van der Waals surface area contributed by atoms with Crippen molar-refractivity contribution < 1.29 is 13.2 Å². The number of aryl methyl sites for hydroxylation is 1. The van der Waals surface area contributed by atoms with E-state index in [9.17, 15) is 13.2 Å². The highest BCUT2D eigenvalue weighted by atomic mass is 19.4. The molecule has 0 fully saturated rings. The topological polar surface area (TPSA) is 75.9 Å². The molecule has 4 N–H and O–H groups in total. The zero-order valence-electron chi connectivity index (χ0n) is 14.5. The first-order valence-corrected chi connectivity index (χ1v) is 8.27. The fraction of sp³-hybridized carbons (Fsp3) is 0.158. The van der Waals surface area contributed by atoms with Crippen LogP contribution < -0.4 is 16.4 Å². The normalized spacial score (nSPS) is 11.3. The lowest BCUT2D eigenvalue weighted by Gasteiger charge is -2.13. The minimum absolute atomic E-state index is 0.261. The average Bonchev–Trinajstić information content (AvgIpc) is 2.65. The Kier molecular flexibility index (Phi) is 5.16. The van der Waals surface area contributed by atoms with E-state index in [1.807, 2.05) is 24.3 Å². The first-order chi connectivity index (χ1) is 12.9. The Balaban J connectivity index is 1.78. The van der Waals surface area contributed by atoms with Crippen molar-refractivity contribution >= 4 is 28.7 Å². The Labute approximate surface area is 154 Å². The predicted molar refractivity (Wildman–Crippen MR) is 100 cm³/mol. The highest BCUT2D eigenvalue weighted by Crippen LogP contribution is 2.32. The van der Waals surface area contributed by atoms with Gasteiger partial charge in [0.05, 0.1) is 5.56 Å². The van der Waals surface area contributed by atoms with E-state index < -0.39 is 11.7 Å². The SMILES string of the molecule is CCc1ccc(Nc2ncnc(Nc3ccc(C(F)(F)F)cc3)c2N)cc1. The molecular weight excluding hydrogens is 355 g/mol. The summed E-state index contributed by atoms with van der Waals surface area (Å²) in [5, 5.41) is 6.03. The van der Waals surface area contributed by atoms with E-state index >= 15 is 0 Å². The van der Waals surface area contributed by atoms with Gasteiger partial charge in [0, 0.05) is 11.4 Å². The van der Waals surface area contributed by atoms with Gasteiger partial charge in [-0.25, -0.2) is 9.97 Å². The van der Waals surface area contributed by atoms with Crippen molar-refractivity contribution in [2.24, 2.45) is 0 Å². The van der Waals surface area contributed by atoms with Crippen LogP contribution in [-0.2, 0) is 12.6 Å². The van der Waals surface area contributed by atoms with Crippen LogP contribution in [0.3, 0.4) is 0 Å². The van der Waals surface area contributed by atoms with Crippen molar-refractivity contribution in [3.63, 3.8) is 0 Å². The van der Waals surface area contributed by atoms with Crippen LogP contribution in [0.25, 0.3) is 0 Å². The van der Waals surface area contributed by atoms with Crippen molar-refractivity contribution in [2.45, 2.75) is 19.5 Å². The van der Waals surface area contributed by atoms with E-state index in [0.29, 0.717) is 17.3 Å². The quantitative estimate of drug-likeness (QED) is 0.578. The summed E-state index contributed by atoms with van der Waals surface area (Å²) in [6, 6.07) is 12.5. The van der Waals surface area contributed by atoms with Crippen LogP contribution in [0.15, 0.2) is 54.9 Å². The molecule has 1 heterocycles. The molecule has 0 saturated carbocycles. The number of hydrogen-bond donors (Lipinski definition) is 3. The lowest BCUT2D eigenvalue weighted by molar-refractivity contribution is -0.137. The van der Waals surface area contributed by atoms with Gasteiger partial charge in [-0.3, -0.25) is 0 Å². The number of hydrogen-bond acceptors (Lipinski definition) is 5. The molecule has 0 spiro atoms. The van der Waals surface area contributed by atoms with Gasteiger partial charge in [-0.15, -0.1) is 0 Å². The highest BCUT2D eigenvalue weighted by Gasteiger charge is 2.29. The van der Waals surface area contributed by atoms with E-state index in [1.54, 1.807) is 0 Å². The molecular formula is C19H18F3N5. The fourth-order valence-electron chi connectivity index (χ4n) is 2.43. The number of nitrogens with zero attached hydrogens (tertiary/aromatic N) is 2. The van der Waals surface area contributed by atoms with Crippen molar-refractivity contribution in [1.82, 2.24) is 9.97 Å². The number of nitrogen functional groups attached to an aromatic ring is 1. The lowest BCUT2D eigenvalue weighted by atomic mass is 10.1. The number of nitrogens with one attached hydrogen (secondary N) is 2. The molecule has 27 heavy (non-hydrogen) atoms. The smallest absolute Gasteiger partial charge is 0.393 e. The molecule has 0 unspecified atom stereocenters. The monoisotopic (exact) mass is 373 g/mol. The first kappa shape index (κ1) is 18.5. The standard InChI is InChI=1S/C19H18F3N5/c1-2-12-3-7-14(8-4-12)26-17-16(23)18(25-11-24-17)27-15-9-5-13(6-10-15)19(20,21)22/h3-11H,2,23H2,1H3,(H2,24,25,26,27). The number of nitrogens with two attached hydrogens (primary N) is 1. The van der Waals surface area contributed by atoms with Gasteiger partial charge in [-0.2, -0.15) is 13.2 Å². The molecule has 0 radical (unpaired) electrons. The zero-order chi connectivity index (χ0) is 19.4. The Morgan fingerprint density at radius 2 is 1.33 bits per heavy atom. The Hall–Kier alpha value is -3.29. The maximum Gasteiger partial charge on any atom is 0.416 e. The van der Waals surface area contributed by atoms with Gasteiger partial charge < -0.3 is 16.4 Å². The summed E-state index contributed by atoms with van der Waals surface area (Å²) in [7, 11) is 0. The minimum atomic E-state index is -4.38. The van der Waals surface area contributed by atoms with Crippen LogP contribution >= 0.6 is 0 Å². The molecule has 0 aliphatic carbocycles. The second-order valence-corrected chi connectivity index (χ2v) is 5.86. The van der Waals surface area contributed by atoms with Gasteiger partial charge in [0.1, 0.15) is 12.0 Å². The van der Waals surface area contributed by atoms with E-state index in [1.165, 1.54) is 24.0 Å². The lowest BCUT2D eigenvalue weighted by Crippen LogP contribution is -2.06. The third-order valence-electron chi connectivity index (χ3n) is 3.98. The number of alkyl halides is 3. The van der Waals surface area contributed by atoms with Gasteiger partial charge >= 0.3 is 6.18 Å². The van der Waals surface area contributed by atoms with Crippen LogP contribution in [0.1, 0.15) is 18.1 Å². The molecule has 0 amide bonds. The third-order valence-corrected chi connectivity index (χ3v) is 3.98. The van der Waals surface area contributed by atoms with E-state index in [4.69, 9.17) is 5.73 Å². The maximum atomic E-state index is 12.6. The number of aromatic nitrogens is 2. The third kappa shape index (κ3) is 4.46. The largest absolute Gasteiger partial charge is 0.416 e. The van der Waals surface area contributed by atoms with Crippen LogP contribution in [0.4, 0.5) is 41.9 Å². The summed E-state index contributed by atoms with van der Waals surface area (Å²) >= 11 is 0. The van der Waals surface area contributed by atoms with Crippen LogP contribution in [0, 0.1) is 0 Å². The molecule has 140 valence electrons. The molecule has 0 atom stereocenters. The number of anilines is 5. The second kappa shape index (κ2) is 7.53. The summed E-state index contributed by atoms with van der Waals surface area (Å²) in [5.74, 6) is 0.709. The predicted octanol–water partition coefficient (Wildman–Crippen LogP) is 5.13. The minimum Gasteiger partial charge on any atom is -0.393 e. The molecule has 0 aliphatic rings. The molecule has 3 rings (SSSR count). The van der Waals surface area contributed by atoms with Gasteiger partial charge in [-0.1, -0.05) is 19.1 Å². The number of halogens is 3. The van der Waals surface area contributed by atoms with Crippen LogP contribution in [-0.4, -0.2) is 9.97 Å².